The van der Waals surface area contributed by atoms with Gasteiger partial charge in [0, 0.05) is 32.1 Å². The Morgan fingerprint density at radius 1 is 0.974 bits per heavy atom. The summed E-state index contributed by atoms with van der Waals surface area (Å²) < 4.78 is 5.75. The lowest BCUT2D eigenvalue weighted by Crippen LogP contribution is -2.61. The summed E-state index contributed by atoms with van der Waals surface area (Å²) in [5.41, 5.74) is 4.37. The molecule has 8 heteroatoms. The standard InChI is InChI=1S/C31H33N3O5/c1-21(28(35)36)17-32-29(37)31(15-16-34(20-31)18-22-9-3-2-4-10-22)33-30(38)39-19-27-25-13-7-5-11-23(25)24-12-6-8-14-26(24)27/h2-14,21,27H,15-20H2,1H3,(H,32,37)(H,33,38)(H,35,36). The Bertz CT molecular complexity index is 1320. The molecular formula is C31H33N3O5. The van der Waals surface area contributed by atoms with Crippen molar-refractivity contribution in [3.63, 3.8) is 0 Å². The van der Waals surface area contributed by atoms with Gasteiger partial charge in [-0.1, -0.05) is 85.8 Å². The molecule has 0 saturated carbocycles. The highest BCUT2D eigenvalue weighted by atomic mass is 16.5. The minimum absolute atomic E-state index is 0.0268. The van der Waals surface area contributed by atoms with Gasteiger partial charge in [0.05, 0.1) is 5.92 Å². The average molecular weight is 528 g/mol. The molecule has 0 aromatic heterocycles. The van der Waals surface area contributed by atoms with E-state index in [1.807, 2.05) is 54.6 Å². The van der Waals surface area contributed by atoms with Gasteiger partial charge in [-0.25, -0.2) is 4.79 Å². The summed E-state index contributed by atoms with van der Waals surface area (Å²) in [7, 11) is 0. The van der Waals surface area contributed by atoms with Gasteiger partial charge in [-0.15, -0.1) is 0 Å². The number of nitrogens with one attached hydrogen (secondary N) is 2. The van der Waals surface area contributed by atoms with Crippen LogP contribution in [0.15, 0.2) is 78.9 Å². The minimum atomic E-state index is -1.23. The molecule has 0 bridgehead atoms. The Labute approximate surface area is 228 Å². The molecule has 1 aliphatic heterocycles. The molecule has 3 aromatic rings. The Kier molecular flexibility index (Phi) is 7.65. The maximum Gasteiger partial charge on any atom is 0.408 e. The zero-order valence-electron chi connectivity index (χ0n) is 21.9. The first-order valence-electron chi connectivity index (χ1n) is 13.3. The van der Waals surface area contributed by atoms with Gasteiger partial charge in [0.2, 0.25) is 5.91 Å². The molecule has 202 valence electrons. The van der Waals surface area contributed by atoms with Crippen LogP contribution in [-0.2, 0) is 20.9 Å². The molecule has 8 nitrogen and oxygen atoms in total. The van der Waals surface area contributed by atoms with E-state index in [1.165, 1.54) is 6.92 Å². The molecule has 0 radical (unpaired) electrons. The predicted molar refractivity (Wildman–Crippen MR) is 147 cm³/mol. The van der Waals surface area contributed by atoms with Crippen molar-refractivity contribution >= 4 is 18.0 Å². The van der Waals surface area contributed by atoms with E-state index in [0.717, 1.165) is 27.8 Å². The number of rotatable bonds is 9. The van der Waals surface area contributed by atoms with Crippen molar-refractivity contribution in [2.45, 2.75) is 31.3 Å². The van der Waals surface area contributed by atoms with E-state index in [0.29, 0.717) is 26.1 Å². The second-order valence-corrected chi connectivity index (χ2v) is 10.4. The number of alkyl carbamates (subject to hydrolysis) is 1. The number of carbonyl (C=O) groups is 3. The fraction of sp³-hybridized carbons (Fsp3) is 0.323. The van der Waals surface area contributed by atoms with Crippen molar-refractivity contribution in [3.05, 3.63) is 95.6 Å². The Morgan fingerprint density at radius 2 is 1.59 bits per heavy atom. The quantitative estimate of drug-likeness (QED) is 0.388. The fourth-order valence-corrected chi connectivity index (χ4v) is 5.54. The summed E-state index contributed by atoms with van der Waals surface area (Å²) in [5, 5.41) is 14.9. The largest absolute Gasteiger partial charge is 0.481 e. The molecule has 1 aliphatic carbocycles. The number of carboxylic acid groups (broad SMARTS) is 1. The summed E-state index contributed by atoms with van der Waals surface area (Å²) in [6.45, 7) is 3.17. The van der Waals surface area contributed by atoms with Crippen LogP contribution in [0.2, 0.25) is 0 Å². The molecule has 1 saturated heterocycles. The van der Waals surface area contributed by atoms with Crippen LogP contribution in [0.1, 0.15) is 36.0 Å². The van der Waals surface area contributed by atoms with Crippen LogP contribution in [0.5, 0.6) is 0 Å². The van der Waals surface area contributed by atoms with Gasteiger partial charge in [-0.05, 0) is 34.2 Å². The first-order chi connectivity index (χ1) is 18.9. The first-order valence-corrected chi connectivity index (χ1v) is 13.3. The number of aliphatic carboxylic acids is 1. The molecule has 2 atom stereocenters. The van der Waals surface area contributed by atoms with Gasteiger partial charge in [0.25, 0.3) is 0 Å². The zero-order chi connectivity index (χ0) is 27.4. The molecule has 2 unspecified atom stereocenters. The van der Waals surface area contributed by atoms with E-state index in [1.54, 1.807) is 0 Å². The summed E-state index contributed by atoms with van der Waals surface area (Å²) in [6, 6.07) is 26.1. The minimum Gasteiger partial charge on any atom is -0.481 e. The van der Waals surface area contributed by atoms with E-state index in [9.17, 15) is 19.5 Å². The predicted octanol–water partition coefficient (Wildman–Crippen LogP) is 4.01. The molecule has 3 N–H and O–H groups in total. The molecule has 2 amide bonds. The zero-order valence-corrected chi connectivity index (χ0v) is 21.9. The van der Waals surface area contributed by atoms with Gasteiger partial charge in [0.15, 0.2) is 0 Å². The van der Waals surface area contributed by atoms with Crippen molar-refractivity contribution < 1.29 is 24.2 Å². The molecule has 3 aromatic carbocycles. The average Bonchev–Trinajstić information content (AvgIpc) is 3.50. The van der Waals surface area contributed by atoms with Crippen molar-refractivity contribution in [2.75, 3.05) is 26.2 Å². The van der Waals surface area contributed by atoms with Gasteiger partial charge < -0.3 is 20.5 Å². The molecule has 5 rings (SSSR count). The molecule has 2 aliphatic rings. The molecule has 39 heavy (non-hydrogen) atoms. The normalized spacial score (nSPS) is 19.1. The summed E-state index contributed by atoms with van der Waals surface area (Å²) in [4.78, 5) is 40.0. The van der Waals surface area contributed by atoms with Crippen molar-refractivity contribution in [1.29, 1.82) is 0 Å². The van der Waals surface area contributed by atoms with Gasteiger partial charge in [-0.2, -0.15) is 0 Å². The number of fused-ring (bicyclic) bond motifs is 3. The van der Waals surface area contributed by atoms with Crippen LogP contribution in [0, 0.1) is 5.92 Å². The summed E-state index contributed by atoms with van der Waals surface area (Å²) in [6.07, 6.45) is -0.281. The topological polar surface area (TPSA) is 108 Å². The highest BCUT2D eigenvalue weighted by molar-refractivity contribution is 5.91. The number of nitrogens with zero attached hydrogens (tertiary/aromatic N) is 1. The number of hydrogen-bond acceptors (Lipinski definition) is 5. The molecule has 1 heterocycles. The number of carbonyl (C=O) groups excluding carboxylic acids is 2. The molecule has 1 fully saturated rings. The number of ether oxygens (including phenoxy) is 1. The van der Waals surface area contributed by atoms with Gasteiger partial charge in [-0.3, -0.25) is 14.5 Å². The van der Waals surface area contributed by atoms with Crippen LogP contribution >= 0.6 is 0 Å². The second kappa shape index (κ2) is 11.3. The lowest BCUT2D eigenvalue weighted by atomic mass is 9.97. The van der Waals surface area contributed by atoms with E-state index in [2.05, 4.69) is 39.8 Å². The van der Waals surface area contributed by atoms with Crippen LogP contribution in [0.4, 0.5) is 4.79 Å². The maximum atomic E-state index is 13.4. The number of hydrogen-bond donors (Lipinski definition) is 3. The van der Waals surface area contributed by atoms with E-state index < -0.39 is 29.4 Å². The summed E-state index contributed by atoms with van der Waals surface area (Å²) >= 11 is 0. The van der Waals surface area contributed by atoms with E-state index in [-0.39, 0.29) is 19.1 Å². The van der Waals surface area contributed by atoms with Crippen LogP contribution < -0.4 is 10.6 Å². The van der Waals surface area contributed by atoms with Crippen LogP contribution in [0.25, 0.3) is 11.1 Å². The first kappa shape index (κ1) is 26.4. The second-order valence-electron chi connectivity index (χ2n) is 10.4. The fourth-order valence-electron chi connectivity index (χ4n) is 5.54. The van der Waals surface area contributed by atoms with Crippen LogP contribution in [-0.4, -0.2) is 59.8 Å². The smallest absolute Gasteiger partial charge is 0.408 e. The number of amides is 2. The number of likely N-dealkylation sites (tertiary alicyclic amines) is 1. The number of carboxylic acids is 1. The third-order valence-electron chi connectivity index (χ3n) is 7.71. The van der Waals surface area contributed by atoms with Crippen LogP contribution in [0.3, 0.4) is 0 Å². The lowest BCUT2D eigenvalue weighted by molar-refractivity contribution is -0.141. The Hall–Kier alpha value is -4.17. The third kappa shape index (κ3) is 5.66. The highest BCUT2D eigenvalue weighted by Gasteiger charge is 2.46. The Balaban J connectivity index is 1.29. The third-order valence-corrected chi connectivity index (χ3v) is 7.71. The highest BCUT2D eigenvalue weighted by Crippen LogP contribution is 2.44. The van der Waals surface area contributed by atoms with Crippen molar-refractivity contribution in [1.82, 2.24) is 15.5 Å². The van der Waals surface area contributed by atoms with E-state index in [4.69, 9.17) is 4.74 Å². The maximum absolute atomic E-state index is 13.4. The van der Waals surface area contributed by atoms with Crippen molar-refractivity contribution in [2.24, 2.45) is 5.92 Å². The van der Waals surface area contributed by atoms with Gasteiger partial charge >= 0.3 is 12.1 Å². The number of benzene rings is 3. The monoisotopic (exact) mass is 527 g/mol. The SMILES string of the molecule is CC(CNC(=O)C1(NC(=O)OCC2c3ccccc3-c3ccccc32)CCN(Cc2ccccc2)C1)C(=O)O. The van der Waals surface area contributed by atoms with E-state index >= 15 is 0 Å². The lowest BCUT2D eigenvalue weighted by Gasteiger charge is -2.30. The molecular weight excluding hydrogens is 494 g/mol. The summed E-state index contributed by atoms with van der Waals surface area (Å²) in [5.74, 6) is -2.24. The van der Waals surface area contributed by atoms with Crippen molar-refractivity contribution in [3.8, 4) is 11.1 Å². The Morgan fingerprint density at radius 3 is 2.23 bits per heavy atom. The molecule has 0 spiro atoms. The van der Waals surface area contributed by atoms with Gasteiger partial charge in [0.1, 0.15) is 12.1 Å².